The number of ether oxygens (including phenoxy) is 1. The summed E-state index contributed by atoms with van der Waals surface area (Å²) in [5.41, 5.74) is -0.286. The molecule has 1 aromatic heterocycles. The van der Waals surface area contributed by atoms with E-state index in [0.29, 0.717) is 13.1 Å². The van der Waals surface area contributed by atoms with Crippen LogP contribution in [0, 0.1) is 17.2 Å². The van der Waals surface area contributed by atoms with Gasteiger partial charge in [0.1, 0.15) is 5.54 Å². The molecule has 0 saturated carbocycles. The van der Waals surface area contributed by atoms with Crippen molar-refractivity contribution in [2.75, 3.05) is 25.0 Å². The maximum atomic E-state index is 13.8. The third kappa shape index (κ3) is 6.12. The SMILES string of the molecule is CC(C)c1ccnn1C1(C(=O)Nc2ccc(Cl)cc2OC(F)F)CCN(C[C@@H](CC#N)C(=O)O)CC1. The number of anilines is 1. The summed E-state index contributed by atoms with van der Waals surface area (Å²) >= 11 is 5.93. The van der Waals surface area contributed by atoms with Crippen LogP contribution in [0.25, 0.3) is 0 Å². The van der Waals surface area contributed by atoms with E-state index in [4.69, 9.17) is 16.9 Å². The minimum absolute atomic E-state index is 0.0460. The molecule has 0 bridgehead atoms. The molecule has 0 aliphatic carbocycles. The Bertz CT molecular complexity index is 1130. The molecule has 36 heavy (non-hydrogen) atoms. The van der Waals surface area contributed by atoms with E-state index in [1.165, 1.54) is 18.2 Å². The van der Waals surface area contributed by atoms with Crippen molar-refractivity contribution in [2.45, 2.75) is 51.2 Å². The summed E-state index contributed by atoms with van der Waals surface area (Å²) in [4.78, 5) is 27.2. The molecule has 1 amide bonds. The van der Waals surface area contributed by atoms with Crippen molar-refractivity contribution in [3.63, 3.8) is 0 Å². The number of carboxylic acid groups (broad SMARTS) is 1. The van der Waals surface area contributed by atoms with Crippen molar-refractivity contribution in [1.82, 2.24) is 14.7 Å². The molecule has 12 heteroatoms. The molecule has 194 valence electrons. The van der Waals surface area contributed by atoms with E-state index in [0.717, 1.165) is 5.69 Å². The minimum atomic E-state index is -3.11. The monoisotopic (exact) mass is 523 g/mol. The van der Waals surface area contributed by atoms with Crippen molar-refractivity contribution >= 4 is 29.2 Å². The zero-order chi connectivity index (χ0) is 26.5. The first-order valence-corrected chi connectivity index (χ1v) is 11.9. The number of nitriles is 1. The van der Waals surface area contributed by atoms with Gasteiger partial charge < -0.3 is 20.1 Å². The van der Waals surface area contributed by atoms with Gasteiger partial charge in [0.15, 0.2) is 5.75 Å². The van der Waals surface area contributed by atoms with E-state index >= 15 is 0 Å². The predicted octanol–water partition coefficient (Wildman–Crippen LogP) is 4.31. The van der Waals surface area contributed by atoms with Gasteiger partial charge in [0.05, 0.1) is 17.7 Å². The van der Waals surface area contributed by atoms with Crippen LogP contribution in [0.15, 0.2) is 30.5 Å². The maximum absolute atomic E-state index is 13.8. The number of aliphatic carboxylic acids is 1. The molecule has 9 nitrogen and oxygen atoms in total. The quantitative estimate of drug-likeness (QED) is 0.476. The molecule has 2 N–H and O–H groups in total. The summed E-state index contributed by atoms with van der Waals surface area (Å²) in [6, 6.07) is 7.79. The molecule has 1 aliphatic heterocycles. The van der Waals surface area contributed by atoms with Crippen LogP contribution in [-0.4, -0.2) is 57.9 Å². The maximum Gasteiger partial charge on any atom is 0.387 e. The zero-order valence-electron chi connectivity index (χ0n) is 20.0. The fraction of sp³-hybridized carbons (Fsp3) is 0.500. The van der Waals surface area contributed by atoms with E-state index < -0.39 is 29.9 Å². The van der Waals surface area contributed by atoms with Crippen molar-refractivity contribution in [1.29, 1.82) is 5.26 Å². The number of carboxylic acids is 1. The number of likely N-dealkylation sites (tertiary alicyclic amines) is 1. The van der Waals surface area contributed by atoms with Crippen LogP contribution in [0.1, 0.15) is 44.7 Å². The highest BCUT2D eigenvalue weighted by molar-refractivity contribution is 6.30. The first-order chi connectivity index (χ1) is 17.1. The van der Waals surface area contributed by atoms with Crippen LogP contribution in [-0.2, 0) is 15.1 Å². The number of nitrogens with one attached hydrogen (secondary N) is 1. The molecular weight excluding hydrogens is 496 g/mol. The van der Waals surface area contributed by atoms with E-state index in [1.807, 2.05) is 30.9 Å². The highest BCUT2D eigenvalue weighted by atomic mass is 35.5. The highest BCUT2D eigenvalue weighted by Crippen LogP contribution is 2.37. The Balaban J connectivity index is 1.91. The van der Waals surface area contributed by atoms with Gasteiger partial charge in [-0.2, -0.15) is 19.1 Å². The van der Waals surface area contributed by atoms with E-state index in [1.54, 1.807) is 10.9 Å². The number of carbonyl (C=O) groups is 2. The topological polar surface area (TPSA) is 120 Å². The lowest BCUT2D eigenvalue weighted by Crippen LogP contribution is -2.55. The van der Waals surface area contributed by atoms with E-state index in [-0.39, 0.29) is 48.2 Å². The lowest BCUT2D eigenvalue weighted by Gasteiger charge is -2.42. The van der Waals surface area contributed by atoms with Crippen LogP contribution < -0.4 is 10.1 Å². The van der Waals surface area contributed by atoms with Gasteiger partial charge in [-0.1, -0.05) is 25.4 Å². The largest absolute Gasteiger partial charge is 0.481 e. The van der Waals surface area contributed by atoms with Crippen LogP contribution in [0.2, 0.25) is 5.02 Å². The lowest BCUT2D eigenvalue weighted by molar-refractivity contribution is -0.142. The Morgan fingerprint density at radius 1 is 1.31 bits per heavy atom. The van der Waals surface area contributed by atoms with Crippen molar-refractivity contribution in [3.05, 3.63) is 41.2 Å². The Morgan fingerprint density at radius 3 is 2.58 bits per heavy atom. The summed E-state index contributed by atoms with van der Waals surface area (Å²) in [7, 11) is 0. The molecule has 3 rings (SSSR count). The second-order valence-electron chi connectivity index (χ2n) is 9.03. The Hall–Kier alpha value is -3.23. The summed E-state index contributed by atoms with van der Waals surface area (Å²) in [6.45, 7) is 1.77. The molecule has 2 heterocycles. The third-order valence-corrected chi connectivity index (χ3v) is 6.58. The third-order valence-electron chi connectivity index (χ3n) is 6.35. The first-order valence-electron chi connectivity index (χ1n) is 11.5. The number of piperidine rings is 1. The van der Waals surface area contributed by atoms with Crippen molar-refractivity contribution in [3.8, 4) is 11.8 Å². The average Bonchev–Trinajstić information content (AvgIpc) is 3.31. The summed E-state index contributed by atoms with van der Waals surface area (Å²) < 4.78 is 32.2. The number of alkyl halides is 2. The van der Waals surface area contributed by atoms with Gasteiger partial charge >= 0.3 is 12.6 Å². The van der Waals surface area contributed by atoms with Crippen LogP contribution in [0.5, 0.6) is 5.75 Å². The highest BCUT2D eigenvalue weighted by Gasteiger charge is 2.46. The number of hydrogen-bond donors (Lipinski definition) is 2. The lowest BCUT2D eigenvalue weighted by atomic mass is 9.85. The molecule has 0 radical (unpaired) electrons. The number of carbonyl (C=O) groups excluding carboxylic acids is 1. The number of halogens is 3. The van der Waals surface area contributed by atoms with Gasteiger partial charge in [-0.15, -0.1) is 0 Å². The molecule has 1 aliphatic rings. The molecular formula is C24H28ClF2N5O4. The fourth-order valence-corrected chi connectivity index (χ4v) is 4.59. The van der Waals surface area contributed by atoms with Gasteiger partial charge in [0, 0.05) is 49.0 Å². The Morgan fingerprint density at radius 2 is 2.00 bits per heavy atom. The molecule has 1 aromatic carbocycles. The first kappa shape index (κ1) is 27.4. The van der Waals surface area contributed by atoms with Crippen molar-refractivity contribution < 1.29 is 28.2 Å². The van der Waals surface area contributed by atoms with Gasteiger partial charge in [-0.05, 0) is 37.0 Å². The normalized spacial score (nSPS) is 16.5. The Kier molecular flexibility index (Phi) is 8.87. The zero-order valence-corrected chi connectivity index (χ0v) is 20.7. The number of nitrogens with zero attached hydrogens (tertiary/aromatic N) is 4. The van der Waals surface area contributed by atoms with Crippen molar-refractivity contribution in [2.24, 2.45) is 5.92 Å². The fourth-order valence-electron chi connectivity index (χ4n) is 4.43. The number of aromatic nitrogens is 2. The number of amides is 1. The van der Waals surface area contributed by atoms with Crippen LogP contribution >= 0.6 is 11.6 Å². The molecule has 1 saturated heterocycles. The van der Waals surface area contributed by atoms with Gasteiger partial charge in [0.2, 0.25) is 0 Å². The van der Waals surface area contributed by atoms with Crippen LogP contribution in [0.4, 0.5) is 14.5 Å². The summed E-state index contributed by atoms with van der Waals surface area (Å²) in [5.74, 6) is -2.55. The molecule has 2 aromatic rings. The van der Waals surface area contributed by atoms with Gasteiger partial charge in [0.25, 0.3) is 5.91 Å². The second kappa shape index (κ2) is 11.7. The van der Waals surface area contributed by atoms with Crippen LogP contribution in [0.3, 0.4) is 0 Å². The molecule has 1 atom stereocenters. The number of benzene rings is 1. The number of rotatable bonds is 10. The summed E-state index contributed by atoms with van der Waals surface area (Å²) in [6.07, 6.45) is 2.07. The van der Waals surface area contributed by atoms with E-state index in [9.17, 15) is 23.5 Å². The number of hydrogen-bond acceptors (Lipinski definition) is 6. The standard InChI is InChI=1S/C24H28ClF2N5O4/c1-15(2)19-6-10-29-32(19)24(7-11-31(12-8-24)14-16(5-9-28)21(33)34)22(35)30-18-4-3-17(25)13-20(18)36-23(26)27/h3-4,6,10,13,15-16,23H,5,7-8,11-12,14H2,1-2H3,(H,30,35)(H,33,34)/t16-/m1/s1. The molecule has 1 fully saturated rings. The minimum Gasteiger partial charge on any atom is -0.481 e. The van der Waals surface area contributed by atoms with E-state index in [2.05, 4.69) is 15.2 Å². The Labute approximate surface area is 212 Å². The smallest absolute Gasteiger partial charge is 0.387 e. The molecule has 0 spiro atoms. The predicted molar refractivity (Wildman–Crippen MR) is 128 cm³/mol. The van der Waals surface area contributed by atoms with Gasteiger partial charge in [-0.25, -0.2) is 0 Å². The second-order valence-corrected chi connectivity index (χ2v) is 9.46. The van der Waals surface area contributed by atoms with Gasteiger partial charge in [-0.3, -0.25) is 14.3 Å². The molecule has 0 unspecified atom stereocenters. The average molecular weight is 524 g/mol. The summed E-state index contributed by atoms with van der Waals surface area (Å²) in [5, 5.41) is 25.7.